The number of nitrogens with zero attached hydrogens (tertiary/aromatic N) is 1. The van der Waals surface area contributed by atoms with Gasteiger partial charge in [-0.2, -0.15) is 0 Å². The Hall–Kier alpha value is -1.87. The van der Waals surface area contributed by atoms with Crippen molar-refractivity contribution < 1.29 is 5.11 Å². The molecule has 1 aliphatic rings. The van der Waals surface area contributed by atoms with Gasteiger partial charge in [-0.3, -0.25) is 0 Å². The molecule has 2 N–H and O–H groups in total. The van der Waals surface area contributed by atoms with Gasteiger partial charge in [-0.15, -0.1) is 0 Å². The second kappa shape index (κ2) is 4.18. The summed E-state index contributed by atoms with van der Waals surface area (Å²) in [6.45, 7) is 0. The monoisotopic (exact) mass is 226 g/mol. The average Bonchev–Trinajstić information content (AvgIpc) is 2.82. The minimum atomic E-state index is -0.671. The van der Waals surface area contributed by atoms with E-state index in [1.807, 2.05) is 36.4 Å². The van der Waals surface area contributed by atoms with Crippen LogP contribution in [-0.4, -0.2) is 15.1 Å². The van der Waals surface area contributed by atoms with E-state index in [1.54, 1.807) is 0 Å². The second-order valence-corrected chi connectivity index (χ2v) is 4.24. The molecular weight excluding hydrogens is 212 g/mol. The molecule has 1 aromatic heterocycles. The van der Waals surface area contributed by atoms with Crippen molar-refractivity contribution >= 4 is 6.08 Å². The van der Waals surface area contributed by atoms with Crippen LogP contribution >= 0.6 is 0 Å². The Bertz CT molecular complexity index is 543. The molecule has 3 nitrogen and oxygen atoms in total. The molecule has 3 rings (SSSR count). The van der Waals surface area contributed by atoms with Crippen LogP contribution in [0.15, 0.2) is 36.4 Å². The van der Waals surface area contributed by atoms with Gasteiger partial charge in [-0.25, -0.2) is 4.98 Å². The third kappa shape index (κ3) is 1.89. The smallest absolute Gasteiger partial charge is 0.140 e. The quantitative estimate of drug-likeness (QED) is 0.826. The van der Waals surface area contributed by atoms with Crippen LogP contribution in [0.2, 0.25) is 0 Å². The SMILES string of the molecule is OC(c1ccccc1)c1nc2c([nH]1)CCC=C2. The van der Waals surface area contributed by atoms with Crippen molar-refractivity contribution in [3.63, 3.8) is 0 Å². The molecular formula is C14H14N2O. The summed E-state index contributed by atoms with van der Waals surface area (Å²) < 4.78 is 0. The summed E-state index contributed by atoms with van der Waals surface area (Å²) in [6.07, 6.45) is 5.46. The molecule has 0 radical (unpaired) electrons. The molecule has 17 heavy (non-hydrogen) atoms. The average molecular weight is 226 g/mol. The number of hydrogen-bond donors (Lipinski definition) is 2. The number of aliphatic hydroxyl groups excluding tert-OH is 1. The standard InChI is InChI=1S/C14H14N2O/c17-13(10-6-2-1-3-7-10)14-15-11-8-4-5-9-12(11)16-14/h1-4,6-8,13,17H,5,9H2,(H,15,16). The lowest BCUT2D eigenvalue weighted by Crippen LogP contribution is -2.01. The highest BCUT2D eigenvalue weighted by atomic mass is 16.3. The van der Waals surface area contributed by atoms with Crippen LogP contribution in [0.1, 0.15) is 35.3 Å². The van der Waals surface area contributed by atoms with Gasteiger partial charge in [0.15, 0.2) is 0 Å². The largest absolute Gasteiger partial charge is 0.380 e. The van der Waals surface area contributed by atoms with E-state index < -0.39 is 6.10 Å². The lowest BCUT2D eigenvalue weighted by molar-refractivity contribution is 0.211. The fraction of sp³-hybridized carbons (Fsp3) is 0.214. The van der Waals surface area contributed by atoms with E-state index in [0.717, 1.165) is 29.8 Å². The van der Waals surface area contributed by atoms with E-state index in [-0.39, 0.29) is 0 Å². The van der Waals surface area contributed by atoms with Crippen molar-refractivity contribution in [3.8, 4) is 0 Å². The van der Waals surface area contributed by atoms with Gasteiger partial charge in [0.25, 0.3) is 0 Å². The Kier molecular flexibility index (Phi) is 2.53. The third-order valence-electron chi connectivity index (χ3n) is 3.04. The van der Waals surface area contributed by atoms with Crippen molar-refractivity contribution in [1.82, 2.24) is 9.97 Å². The zero-order chi connectivity index (χ0) is 11.7. The predicted molar refractivity (Wildman–Crippen MR) is 66.4 cm³/mol. The number of rotatable bonds is 2. The van der Waals surface area contributed by atoms with E-state index in [4.69, 9.17) is 0 Å². The summed E-state index contributed by atoms with van der Waals surface area (Å²) in [5.74, 6) is 0.632. The van der Waals surface area contributed by atoms with Crippen LogP contribution in [0.5, 0.6) is 0 Å². The highest BCUT2D eigenvalue weighted by molar-refractivity contribution is 5.50. The van der Waals surface area contributed by atoms with Gasteiger partial charge in [0.2, 0.25) is 0 Å². The zero-order valence-electron chi connectivity index (χ0n) is 9.43. The molecule has 2 aromatic rings. The van der Waals surface area contributed by atoms with E-state index in [0.29, 0.717) is 5.82 Å². The zero-order valence-corrected chi connectivity index (χ0v) is 9.43. The minimum Gasteiger partial charge on any atom is -0.380 e. The molecule has 0 spiro atoms. The molecule has 1 heterocycles. The van der Waals surface area contributed by atoms with Gasteiger partial charge < -0.3 is 10.1 Å². The van der Waals surface area contributed by atoms with E-state index >= 15 is 0 Å². The molecule has 1 aromatic carbocycles. The van der Waals surface area contributed by atoms with Gasteiger partial charge in [-0.1, -0.05) is 36.4 Å². The first-order chi connectivity index (χ1) is 8.34. The van der Waals surface area contributed by atoms with Crippen molar-refractivity contribution in [2.45, 2.75) is 18.9 Å². The Balaban J connectivity index is 1.94. The number of H-pyrrole nitrogens is 1. The van der Waals surface area contributed by atoms with Gasteiger partial charge in [0.05, 0.1) is 5.69 Å². The van der Waals surface area contributed by atoms with Crippen molar-refractivity contribution in [1.29, 1.82) is 0 Å². The van der Waals surface area contributed by atoms with Crippen LogP contribution in [0, 0.1) is 0 Å². The van der Waals surface area contributed by atoms with Crippen LogP contribution in [0.3, 0.4) is 0 Å². The maximum Gasteiger partial charge on any atom is 0.140 e. The van der Waals surface area contributed by atoms with Gasteiger partial charge in [-0.05, 0) is 24.5 Å². The Morgan fingerprint density at radius 3 is 2.82 bits per heavy atom. The molecule has 0 amide bonds. The molecule has 1 unspecified atom stereocenters. The molecule has 1 aliphatic carbocycles. The lowest BCUT2D eigenvalue weighted by Gasteiger charge is -2.07. The summed E-state index contributed by atoms with van der Waals surface area (Å²) in [5, 5.41) is 10.2. The van der Waals surface area contributed by atoms with E-state index in [1.165, 1.54) is 0 Å². The summed E-state index contributed by atoms with van der Waals surface area (Å²) in [7, 11) is 0. The Morgan fingerprint density at radius 1 is 1.24 bits per heavy atom. The first-order valence-electron chi connectivity index (χ1n) is 5.83. The summed E-state index contributed by atoms with van der Waals surface area (Å²) in [6, 6.07) is 9.58. The number of fused-ring (bicyclic) bond motifs is 1. The normalized spacial score (nSPS) is 15.6. The maximum absolute atomic E-state index is 10.2. The molecule has 0 bridgehead atoms. The van der Waals surface area contributed by atoms with Crippen molar-refractivity contribution in [2.75, 3.05) is 0 Å². The van der Waals surface area contributed by atoms with Crippen LogP contribution in [-0.2, 0) is 6.42 Å². The topological polar surface area (TPSA) is 48.9 Å². The van der Waals surface area contributed by atoms with Crippen molar-refractivity contribution in [2.24, 2.45) is 0 Å². The summed E-state index contributed by atoms with van der Waals surface area (Å²) in [5.41, 5.74) is 2.95. The van der Waals surface area contributed by atoms with E-state index in [2.05, 4.69) is 16.0 Å². The maximum atomic E-state index is 10.2. The highest BCUT2D eigenvalue weighted by Crippen LogP contribution is 2.23. The molecule has 0 saturated carbocycles. The molecule has 86 valence electrons. The van der Waals surface area contributed by atoms with Gasteiger partial charge in [0.1, 0.15) is 11.9 Å². The lowest BCUT2D eigenvalue weighted by atomic mass is 10.1. The summed E-state index contributed by atoms with van der Waals surface area (Å²) >= 11 is 0. The number of aliphatic hydroxyl groups is 1. The molecule has 3 heteroatoms. The number of hydrogen-bond acceptors (Lipinski definition) is 2. The van der Waals surface area contributed by atoms with Crippen LogP contribution in [0.4, 0.5) is 0 Å². The fourth-order valence-corrected chi connectivity index (χ4v) is 2.12. The van der Waals surface area contributed by atoms with Crippen molar-refractivity contribution in [3.05, 3.63) is 59.2 Å². The first kappa shape index (κ1) is 10.3. The summed E-state index contributed by atoms with van der Waals surface area (Å²) in [4.78, 5) is 7.65. The first-order valence-corrected chi connectivity index (χ1v) is 5.83. The molecule has 0 fully saturated rings. The number of aromatic nitrogens is 2. The Morgan fingerprint density at radius 2 is 2.06 bits per heavy atom. The number of imidazole rings is 1. The number of benzene rings is 1. The van der Waals surface area contributed by atoms with Crippen LogP contribution < -0.4 is 0 Å². The van der Waals surface area contributed by atoms with Crippen LogP contribution in [0.25, 0.3) is 6.08 Å². The predicted octanol–water partition coefficient (Wildman–Crippen LogP) is 2.45. The number of aryl methyl sites for hydroxylation is 1. The fourth-order valence-electron chi connectivity index (χ4n) is 2.12. The number of aromatic amines is 1. The highest BCUT2D eigenvalue weighted by Gasteiger charge is 2.17. The minimum absolute atomic E-state index is 0.632. The molecule has 0 saturated heterocycles. The van der Waals surface area contributed by atoms with E-state index in [9.17, 15) is 5.11 Å². The number of nitrogens with one attached hydrogen (secondary N) is 1. The Labute approximate surface area is 99.8 Å². The number of allylic oxidation sites excluding steroid dienone is 1. The molecule has 0 aliphatic heterocycles. The second-order valence-electron chi connectivity index (χ2n) is 4.24. The third-order valence-corrected chi connectivity index (χ3v) is 3.04. The molecule has 1 atom stereocenters. The van der Waals surface area contributed by atoms with Gasteiger partial charge >= 0.3 is 0 Å². The van der Waals surface area contributed by atoms with Gasteiger partial charge in [0, 0.05) is 5.69 Å².